The van der Waals surface area contributed by atoms with Gasteiger partial charge in [0.1, 0.15) is 0 Å². The quantitative estimate of drug-likeness (QED) is 0.929. The van der Waals surface area contributed by atoms with Gasteiger partial charge in [-0.25, -0.2) is 0 Å². The Balaban J connectivity index is 1.94. The molecule has 1 heterocycles. The average molecular weight is 310 g/mol. The van der Waals surface area contributed by atoms with E-state index in [1.807, 2.05) is 36.1 Å². The minimum Gasteiger partial charge on any atom is -0.367 e. The van der Waals surface area contributed by atoms with Crippen LogP contribution in [-0.2, 0) is 4.79 Å². The molecule has 1 saturated heterocycles. The number of rotatable bonds is 4. The van der Waals surface area contributed by atoms with E-state index in [0.29, 0.717) is 13.1 Å². The molecule has 0 saturated carbocycles. The molecule has 5 heteroatoms. The number of nitrogens with two attached hydrogens (primary N) is 1. The van der Waals surface area contributed by atoms with Gasteiger partial charge in [-0.05, 0) is 18.1 Å². The van der Waals surface area contributed by atoms with E-state index >= 15 is 0 Å². The van der Waals surface area contributed by atoms with Crippen LogP contribution in [0, 0.1) is 5.92 Å². The molecule has 2 N–H and O–H groups in total. The monoisotopic (exact) mass is 309 g/mol. The third-order valence-electron chi connectivity index (χ3n) is 4.33. The van der Waals surface area contributed by atoms with E-state index in [1.54, 1.807) is 0 Å². The molecule has 0 spiro atoms. The molecule has 0 radical (unpaired) electrons. The summed E-state index contributed by atoms with van der Waals surface area (Å²) >= 11 is 6.23. The van der Waals surface area contributed by atoms with E-state index in [0.717, 1.165) is 30.2 Å². The molecule has 0 unspecified atom stereocenters. The van der Waals surface area contributed by atoms with Gasteiger partial charge < -0.3 is 15.5 Å². The molecular weight excluding hydrogens is 286 g/mol. The SMILES string of the molecule is CC[C@H](C)[C@H](N)C(=O)N1CCN(c2ccccc2Cl)CC1. The van der Waals surface area contributed by atoms with Crippen LogP contribution < -0.4 is 10.6 Å². The first kappa shape index (κ1) is 16.1. The number of hydrogen-bond acceptors (Lipinski definition) is 3. The minimum absolute atomic E-state index is 0.0724. The number of halogens is 1. The van der Waals surface area contributed by atoms with Gasteiger partial charge >= 0.3 is 0 Å². The number of anilines is 1. The lowest BCUT2D eigenvalue weighted by molar-refractivity contribution is -0.134. The maximum atomic E-state index is 12.4. The van der Waals surface area contributed by atoms with Crippen molar-refractivity contribution >= 4 is 23.2 Å². The molecule has 1 aliphatic heterocycles. The number of carbonyl (C=O) groups is 1. The Kier molecular flexibility index (Phi) is 5.48. The molecule has 1 aromatic rings. The summed E-state index contributed by atoms with van der Waals surface area (Å²) in [7, 11) is 0. The highest BCUT2D eigenvalue weighted by atomic mass is 35.5. The summed E-state index contributed by atoms with van der Waals surface area (Å²) in [6, 6.07) is 7.44. The number of nitrogens with zero attached hydrogens (tertiary/aromatic N) is 2. The summed E-state index contributed by atoms with van der Waals surface area (Å²) in [5.74, 6) is 0.294. The van der Waals surface area contributed by atoms with Crippen molar-refractivity contribution in [1.82, 2.24) is 4.90 Å². The summed E-state index contributed by atoms with van der Waals surface area (Å²) in [5, 5.41) is 0.758. The molecule has 2 rings (SSSR count). The largest absolute Gasteiger partial charge is 0.367 e. The first-order valence-electron chi connectivity index (χ1n) is 7.58. The van der Waals surface area contributed by atoms with Gasteiger partial charge in [0.25, 0.3) is 0 Å². The zero-order valence-corrected chi connectivity index (χ0v) is 13.5. The molecule has 116 valence electrons. The normalized spacial score (nSPS) is 18.5. The van der Waals surface area contributed by atoms with Crippen LogP contribution in [0.4, 0.5) is 5.69 Å². The number of amides is 1. The smallest absolute Gasteiger partial charge is 0.239 e. The van der Waals surface area contributed by atoms with Crippen LogP contribution >= 0.6 is 11.6 Å². The van der Waals surface area contributed by atoms with Gasteiger partial charge in [0, 0.05) is 26.2 Å². The number of para-hydroxylation sites is 1. The summed E-state index contributed by atoms with van der Waals surface area (Å²) in [4.78, 5) is 16.5. The summed E-state index contributed by atoms with van der Waals surface area (Å²) in [6.07, 6.45) is 0.923. The zero-order chi connectivity index (χ0) is 15.4. The van der Waals surface area contributed by atoms with Gasteiger partial charge in [-0.3, -0.25) is 4.79 Å². The van der Waals surface area contributed by atoms with E-state index < -0.39 is 0 Å². The van der Waals surface area contributed by atoms with Gasteiger partial charge in [0.05, 0.1) is 16.8 Å². The fourth-order valence-corrected chi connectivity index (χ4v) is 2.84. The Bertz CT molecular complexity index is 486. The van der Waals surface area contributed by atoms with Crippen molar-refractivity contribution in [2.75, 3.05) is 31.1 Å². The fourth-order valence-electron chi connectivity index (χ4n) is 2.58. The second kappa shape index (κ2) is 7.14. The number of benzene rings is 1. The molecule has 0 aliphatic carbocycles. The van der Waals surface area contributed by atoms with Gasteiger partial charge in [-0.15, -0.1) is 0 Å². The summed E-state index contributed by atoms with van der Waals surface area (Å²) in [6.45, 7) is 7.09. The zero-order valence-electron chi connectivity index (χ0n) is 12.8. The lowest BCUT2D eigenvalue weighted by atomic mass is 9.98. The van der Waals surface area contributed by atoms with Crippen LogP contribution in [-0.4, -0.2) is 43.0 Å². The highest BCUT2D eigenvalue weighted by Crippen LogP contribution is 2.26. The maximum Gasteiger partial charge on any atom is 0.239 e. The van der Waals surface area contributed by atoms with Crippen LogP contribution in [0.15, 0.2) is 24.3 Å². The lowest BCUT2D eigenvalue weighted by Gasteiger charge is -2.38. The molecule has 21 heavy (non-hydrogen) atoms. The first-order valence-corrected chi connectivity index (χ1v) is 7.96. The fraction of sp³-hybridized carbons (Fsp3) is 0.562. The van der Waals surface area contributed by atoms with Crippen LogP contribution in [0.1, 0.15) is 20.3 Å². The number of carbonyl (C=O) groups excluding carboxylic acids is 1. The van der Waals surface area contributed by atoms with Crippen molar-refractivity contribution in [3.05, 3.63) is 29.3 Å². The highest BCUT2D eigenvalue weighted by Gasteiger charge is 2.28. The van der Waals surface area contributed by atoms with Crippen molar-refractivity contribution in [1.29, 1.82) is 0 Å². The third-order valence-corrected chi connectivity index (χ3v) is 4.65. The van der Waals surface area contributed by atoms with E-state index in [9.17, 15) is 4.79 Å². The average Bonchev–Trinajstić information content (AvgIpc) is 2.53. The molecule has 1 aliphatic rings. The Labute approximate surface area is 131 Å². The molecule has 0 bridgehead atoms. The van der Waals surface area contributed by atoms with Crippen molar-refractivity contribution < 1.29 is 4.79 Å². The van der Waals surface area contributed by atoms with Gasteiger partial charge in [-0.1, -0.05) is 44.0 Å². The summed E-state index contributed by atoms with van der Waals surface area (Å²) in [5.41, 5.74) is 7.09. The Morgan fingerprint density at radius 3 is 2.48 bits per heavy atom. The molecule has 1 amide bonds. The summed E-state index contributed by atoms with van der Waals surface area (Å²) < 4.78 is 0. The molecule has 0 aromatic heterocycles. The van der Waals surface area contributed by atoms with Crippen LogP contribution in [0.5, 0.6) is 0 Å². The van der Waals surface area contributed by atoms with Crippen molar-refractivity contribution in [2.45, 2.75) is 26.3 Å². The Morgan fingerprint density at radius 1 is 1.29 bits per heavy atom. The highest BCUT2D eigenvalue weighted by molar-refractivity contribution is 6.33. The van der Waals surface area contributed by atoms with Gasteiger partial charge in [-0.2, -0.15) is 0 Å². The van der Waals surface area contributed by atoms with E-state index in [2.05, 4.69) is 11.8 Å². The van der Waals surface area contributed by atoms with Crippen LogP contribution in [0.25, 0.3) is 0 Å². The maximum absolute atomic E-state index is 12.4. The molecule has 1 fully saturated rings. The van der Waals surface area contributed by atoms with Gasteiger partial charge in [0.15, 0.2) is 0 Å². The second-order valence-electron chi connectivity index (χ2n) is 5.68. The Hall–Kier alpha value is -1.26. The predicted molar refractivity (Wildman–Crippen MR) is 87.7 cm³/mol. The topological polar surface area (TPSA) is 49.6 Å². The van der Waals surface area contributed by atoms with Crippen molar-refractivity contribution in [2.24, 2.45) is 11.7 Å². The number of hydrogen-bond donors (Lipinski definition) is 1. The lowest BCUT2D eigenvalue weighted by Crippen LogP contribution is -2.54. The van der Waals surface area contributed by atoms with E-state index in [4.69, 9.17) is 17.3 Å². The van der Waals surface area contributed by atoms with Gasteiger partial charge in [0.2, 0.25) is 5.91 Å². The first-order chi connectivity index (χ1) is 10.0. The molecule has 4 nitrogen and oxygen atoms in total. The molecule has 1 aromatic carbocycles. The minimum atomic E-state index is -0.387. The third kappa shape index (κ3) is 3.69. The van der Waals surface area contributed by atoms with E-state index in [1.165, 1.54) is 0 Å². The molecule has 2 atom stereocenters. The van der Waals surface area contributed by atoms with Crippen LogP contribution in [0.3, 0.4) is 0 Å². The number of piperazine rings is 1. The Morgan fingerprint density at radius 2 is 1.90 bits per heavy atom. The van der Waals surface area contributed by atoms with Crippen molar-refractivity contribution in [3.63, 3.8) is 0 Å². The second-order valence-corrected chi connectivity index (χ2v) is 6.08. The van der Waals surface area contributed by atoms with Crippen molar-refractivity contribution in [3.8, 4) is 0 Å². The molecular formula is C16H24ClN3O. The standard InChI is InChI=1S/C16H24ClN3O/c1-3-12(2)15(18)16(21)20-10-8-19(9-11-20)14-7-5-4-6-13(14)17/h4-7,12,15H,3,8-11,18H2,1-2H3/t12-,15-/m0/s1. The van der Waals surface area contributed by atoms with Crippen LogP contribution in [0.2, 0.25) is 5.02 Å². The van der Waals surface area contributed by atoms with E-state index in [-0.39, 0.29) is 17.9 Å². The predicted octanol–water partition coefficient (Wildman–Crippen LogP) is 2.36.